The maximum atomic E-state index is 12.6. The van der Waals surface area contributed by atoms with Crippen LogP contribution in [0.5, 0.6) is 0 Å². The van der Waals surface area contributed by atoms with Crippen LogP contribution in [0.2, 0.25) is 0 Å². The first kappa shape index (κ1) is 16.3. The molecule has 0 unspecified atom stereocenters. The summed E-state index contributed by atoms with van der Waals surface area (Å²) in [5.74, 6) is 2.49. The number of rotatable bonds is 5. The summed E-state index contributed by atoms with van der Waals surface area (Å²) < 4.78 is 0. The Morgan fingerprint density at radius 2 is 1.70 bits per heavy atom. The highest BCUT2D eigenvalue weighted by Crippen LogP contribution is 2.33. The Morgan fingerprint density at radius 1 is 1.05 bits per heavy atom. The first-order valence-electron chi connectivity index (χ1n) is 8.59. The minimum atomic E-state index is 0.341. The minimum Gasteiger partial charge on any atom is -0.342 e. The molecule has 2 fully saturated rings. The summed E-state index contributed by atoms with van der Waals surface area (Å²) in [6.45, 7) is 4.25. The van der Waals surface area contributed by atoms with E-state index in [0.717, 1.165) is 43.1 Å². The number of amides is 1. The van der Waals surface area contributed by atoms with Crippen LogP contribution >= 0.6 is 15.9 Å². The van der Waals surface area contributed by atoms with Gasteiger partial charge in [0.25, 0.3) is 0 Å². The van der Waals surface area contributed by atoms with Crippen LogP contribution in [0.15, 0.2) is 0 Å². The Labute approximate surface area is 132 Å². The van der Waals surface area contributed by atoms with Gasteiger partial charge in [-0.05, 0) is 50.4 Å². The highest BCUT2D eigenvalue weighted by atomic mass is 79.9. The number of alkyl halides is 1. The molecule has 2 aliphatic rings. The molecule has 1 heterocycles. The standard InChI is InChI=1S/C17H30BrNO/c1-2-3-4-14-5-7-16(8-6-14)17(20)19-11-9-15(13-18)10-12-19/h14-16H,2-13H2,1H3. The number of unbranched alkanes of at least 4 members (excludes halogenated alkanes) is 1. The second-order valence-corrected chi connectivity index (χ2v) is 7.43. The van der Waals surface area contributed by atoms with Gasteiger partial charge in [0, 0.05) is 24.3 Å². The van der Waals surface area contributed by atoms with Gasteiger partial charge in [0.1, 0.15) is 0 Å². The lowest BCUT2D eigenvalue weighted by molar-refractivity contribution is -0.138. The van der Waals surface area contributed by atoms with Crippen LogP contribution in [0.3, 0.4) is 0 Å². The minimum absolute atomic E-state index is 0.341. The first-order chi connectivity index (χ1) is 9.74. The average Bonchev–Trinajstić information content (AvgIpc) is 2.53. The Kier molecular flexibility index (Phi) is 6.86. The van der Waals surface area contributed by atoms with Crippen LogP contribution in [0, 0.1) is 17.8 Å². The summed E-state index contributed by atoms with van der Waals surface area (Å²) in [5, 5.41) is 1.09. The zero-order valence-corrected chi connectivity index (χ0v) is 14.5. The van der Waals surface area contributed by atoms with Crippen molar-refractivity contribution in [1.29, 1.82) is 0 Å². The van der Waals surface area contributed by atoms with Crippen molar-refractivity contribution >= 4 is 21.8 Å². The van der Waals surface area contributed by atoms with Crippen molar-refractivity contribution in [2.75, 3.05) is 18.4 Å². The van der Waals surface area contributed by atoms with E-state index in [0.29, 0.717) is 11.8 Å². The van der Waals surface area contributed by atoms with Crippen molar-refractivity contribution in [3.05, 3.63) is 0 Å². The topological polar surface area (TPSA) is 20.3 Å². The molecule has 2 nitrogen and oxygen atoms in total. The lowest BCUT2D eigenvalue weighted by Gasteiger charge is -2.36. The fraction of sp³-hybridized carbons (Fsp3) is 0.941. The summed E-state index contributed by atoms with van der Waals surface area (Å²) >= 11 is 3.57. The van der Waals surface area contributed by atoms with Crippen molar-refractivity contribution < 1.29 is 4.79 Å². The van der Waals surface area contributed by atoms with Gasteiger partial charge in [0.15, 0.2) is 0 Å². The molecule has 0 aromatic carbocycles. The van der Waals surface area contributed by atoms with Gasteiger partial charge in [0.05, 0.1) is 0 Å². The summed E-state index contributed by atoms with van der Waals surface area (Å²) in [6, 6.07) is 0. The number of likely N-dealkylation sites (tertiary alicyclic amines) is 1. The third-order valence-corrected chi connectivity index (χ3v) is 6.22. The van der Waals surface area contributed by atoms with Crippen LogP contribution in [0.1, 0.15) is 64.7 Å². The van der Waals surface area contributed by atoms with Crippen LogP contribution in [0.4, 0.5) is 0 Å². The molecule has 1 aliphatic carbocycles. The summed E-state index contributed by atoms with van der Waals surface area (Å²) in [6.07, 6.45) is 11.3. The van der Waals surface area contributed by atoms with E-state index in [1.165, 1.54) is 44.9 Å². The van der Waals surface area contributed by atoms with Crippen LogP contribution in [-0.2, 0) is 4.79 Å². The number of halogens is 1. The van der Waals surface area contributed by atoms with Gasteiger partial charge >= 0.3 is 0 Å². The second kappa shape index (κ2) is 8.41. The Hall–Kier alpha value is -0.0500. The largest absolute Gasteiger partial charge is 0.342 e. The van der Waals surface area contributed by atoms with Crippen LogP contribution in [0.25, 0.3) is 0 Å². The van der Waals surface area contributed by atoms with E-state index in [2.05, 4.69) is 27.8 Å². The van der Waals surface area contributed by atoms with Gasteiger partial charge in [-0.1, -0.05) is 42.1 Å². The molecule has 1 saturated heterocycles. The Balaban J connectivity index is 1.72. The summed E-state index contributed by atoms with van der Waals surface area (Å²) in [5.41, 5.74) is 0. The van der Waals surface area contributed by atoms with Gasteiger partial charge in [-0.15, -0.1) is 0 Å². The van der Waals surface area contributed by atoms with E-state index in [1.54, 1.807) is 0 Å². The van der Waals surface area contributed by atoms with Crippen molar-refractivity contribution in [1.82, 2.24) is 4.90 Å². The number of hydrogen-bond acceptors (Lipinski definition) is 1. The second-order valence-electron chi connectivity index (χ2n) is 6.78. The van der Waals surface area contributed by atoms with Crippen LogP contribution in [-0.4, -0.2) is 29.2 Å². The molecule has 1 saturated carbocycles. The molecule has 1 amide bonds. The molecule has 3 heteroatoms. The molecule has 0 N–H and O–H groups in total. The van der Waals surface area contributed by atoms with E-state index in [4.69, 9.17) is 0 Å². The quantitative estimate of drug-likeness (QED) is 0.667. The Morgan fingerprint density at radius 3 is 2.25 bits per heavy atom. The zero-order chi connectivity index (χ0) is 14.4. The molecule has 0 atom stereocenters. The number of nitrogens with zero attached hydrogens (tertiary/aromatic N) is 1. The third kappa shape index (κ3) is 4.47. The van der Waals surface area contributed by atoms with E-state index in [9.17, 15) is 4.79 Å². The van der Waals surface area contributed by atoms with Crippen molar-refractivity contribution in [3.8, 4) is 0 Å². The number of hydrogen-bond donors (Lipinski definition) is 0. The molecule has 0 radical (unpaired) electrons. The molecule has 0 bridgehead atoms. The van der Waals surface area contributed by atoms with Gasteiger partial charge in [-0.25, -0.2) is 0 Å². The predicted octanol–water partition coefficient (Wildman–Crippen LogP) is 4.62. The number of piperidine rings is 1. The van der Waals surface area contributed by atoms with Gasteiger partial charge in [-0.2, -0.15) is 0 Å². The highest BCUT2D eigenvalue weighted by Gasteiger charge is 2.31. The zero-order valence-electron chi connectivity index (χ0n) is 13.0. The molecule has 0 spiro atoms. The monoisotopic (exact) mass is 343 g/mol. The molecular formula is C17H30BrNO. The smallest absolute Gasteiger partial charge is 0.225 e. The summed E-state index contributed by atoms with van der Waals surface area (Å²) in [7, 11) is 0. The van der Waals surface area contributed by atoms with E-state index in [-0.39, 0.29) is 0 Å². The fourth-order valence-corrected chi connectivity index (χ4v) is 4.40. The molecule has 0 aromatic rings. The van der Waals surface area contributed by atoms with Gasteiger partial charge in [0.2, 0.25) is 5.91 Å². The van der Waals surface area contributed by atoms with Crippen molar-refractivity contribution in [2.24, 2.45) is 17.8 Å². The molecule has 2 rings (SSSR count). The van der Waals surface area contributed by atoms with E-state index in [1.807, 2.05) is 0 Å². The summed E-state index contributed by atoms with van der Waals surface area (Å²) in [4.78, 5) is 14.7. The Bertz CT molecular complexity index is 291. The molecule has 116 valence electrons. The SMILES string of the molecule is CCCCC1CCC(C(=O)N2CCC(CBr)CC2)CC1. The number of carbonyl (C=O) groups excluding carboxylic acids is 1. The molecule has 20 heavy (non-hydrogen) atoms. The van der Waals surface area contributed by atoms with E-state index >= 15 is 0 Å². The highest BCUT2D eigenvalue weighted by molar-refractivity contribution is 9.09. The van der Waals surface area contributed by atoms with Crippen LogP contribution < -0.4 is 0 Å². The van der Waals surface area contributed by atoms with Crippen molar-refractivity contribution in [3.63, 3.8) is 0 Å². The van der Waals surface area contributed by atoms with Gasteiger partial charge < -0.3 is 4.90 Å². The van der Waals surface area contributed by atoms with E-state index < -0.39 is 0 Å². The predicted molar refractivity (Wildman–Crippen MR) is 88.1 cm³/mol. The fourth-order valence-electron chi connectivity index (χ4n) is 3.76. The first-order valence-corrected chi connectivity index (χ1v) is 9.71. The third-order valence-electron chi connectivity index (χ3n) is 5.31. The molecular weight excluding hydrogens is 314 g/mol. The van der Waals surface area contributed by atoms with Crippen molar-refractivity contribution in [2.45, 2.75) is 64.7 Å². The lowest BCUT2D eigenvalue weighted by atomic mass is 9.79. The lowest BCUT2D eigenvalue weighted by Crippen LogP contribution is -2.42. The normalized spacial score (nSPS) is 28.6. The molecule has 1 aliphatic heterocycles. The maximum absolute atomic E-state index is 12.6. The molecule has 0 aromatic heterocycles. The van der Waals surface area contributed by atoms with Gasteiger partial charge in [-0.3, -0.25) is 4.79 Å². The number of carbonyl (C=O) groups is 1. The average molecular weight is 344 g/mol. The maximum Gasteiger partial charge on any atom is 0.225 e.